The molecule has 1 saturated carbocycles. The topological polar surface area (TPSA) is 29.5 Å². The van der Waals surface area contributed by atoms with Gasteiger partial charge in [0.1, 0.15) is 0 Å². The van der Waals surface area contributed by atoms with Crippen molar-refractivity contribution in [3.8, 4) is 0 Å². The van der Waals surface area contributed by atoms with E-state index in [1.807, 2.05) is 0 Å². The van der Waals surface area contributed by atoms with E-state index in [1.165, 1.54) is 37.5 Å². The van der Waals surface area contributed by atoms with Crippen molar-refractivity contribution < 1.29 is 9.63 Å². The quantitative estimate of drug-likeness (QED) is 0.494. The summed E-state index contributed by atoms with van der Waals surface area (Å²) < 4.78 is 0. The third kappa shape index (κ3) is 2.56. The van der Waals surface area contributed by atoms with E-state index in [0.29, 0.717) is 0 Å². The normalized spacial score (nSPS) is 18.2. The Morgan fingerprint density at radius 2 is 2.08 bits per heavy atom. The summed E-state index contributed by atoms with van der Waals surface area (Å²) in [7, 11) is 1.54. The maximum atomic E-state index is 11.3. The van der Waals surface area contributed by atoms with Crippen LogP contribution in [-0.4, -0.2) is 24.1 Å². The van der Waals surface area contributed by atoms with Crippen molar-refractivity contribution in [2.24, 2.45) is 0 Å². The summed E-state index contributed by atoms with van der Waals surface area (Å²) in [5.74, 6) is -0.130. The van der Waals surface area contributed by atoms with Crippen LogP contribution in [0.2, 0.25) is 0 Å². The second-order valence-electron chi connectivity index (χ2n) is 3.34. The Balaban J connectivity index is 2.53. The summed E-state index contributed by atoms with van der Waals surface area (Å²) in [6, 6.07) is 0.254. The Hall–Kier alpha value is -0.830. The SMILES string of the molecule is C=CC(=O)N(OC)C1CCCCC1. The minimum Gasteiger partial charge on any atom is -0.274 e. The molecule has 0 aliphatic heterocycles. The average Bonchev–Trinajstić information content (AvgIpc) is 2.20. The fourth-order valence-electron chi connectivity index (χ4n) is 1.82. The zero-order chi connectivity index (χ0) is 9.68. The van der Waals surface area contributed by atoms with Crippen LogP contribution in [0.1, 0.15) is 32.1 Å². The molecule has 0 N–H and O–H groups in total. The van der Waals surface area contributed by atoms with Gasteiger partial charge in [-0.05, 0) is 18.9 Å². The summed E-state index contributed by atoms with van der Waals surface area (Å²) in [4.78, 5) is 16.4. The molecule has 3 heteroatoms. The summed E-state index contributed by atoms with van der Waals surface area (Å²) >= 11 is 0. The zero-order valence-corrected chi connectivity index (χ0v) is 8.16. The molecule has 74 valence electrons. The van der Waals surface area contributed by atoms with E-state index in [2.05, 4.69) is 6.58 Å². The average molecular weight is 183 g/mol. The molecule has 0 aromatic heterocycles. The van der Waals surface area contributed by atoms with Crippen molar-refractivity contribution >= 4 is 5.91 Å². The molecule has 0 saturated heterocycles. The van der Waals surface area contributed by atoms with Crippen molar-refractivity contribution in [3.63, 3.8) is 0 Å². The Morgan fingerprint density at radius 1 is 1.46 bits per heavy atom. The van der Waals surface area contributed by atoms with Gasteiger partial charge in [0.25, 0.3) is 5.91 Å². The van der Waals surface area contributed by atoms with Crippen LogP contribution in [0.4, 0.5) is 0 Å². The van der Waals surface area contributed by atoms with Gasteiger partial charge in [0.2, 0.25) is 0 Å². The number of carbonyl (C=O) groups excluding carboxylic acids is 1. The molecule has 1 amide bonds. The number of amides is 1. The third-order valence-corrected chi connectivity index (χ3v) is 2.49. The van der Waals surface area contributed by atoms with Gasteiger partial charge in [0.15, 0.2) is 0 Å². The molecule has 0 aromatic carbocycles. The predicted molar refractivity (Wildman–Crippen MR) is 50.9 cm³/mol. The highest BCUT2D eigenvalue weighted by Gasteiger charge is 2.23. The third-order valence-electron chi connectivity index (χ3n) is 2.49. The predicted octanol–water partition coefficient (Wildman–Crippen LogP) is 1.90. The van der Waals surface area contributed by atoms with Gasteiger partial charge in [-0.3, -0.25) is 9.63 Å². The smallest absolute Gasteiger partial charge is 0.269 e. The van der Waals surface area contributed by atoms with E-state index in [0.717, 1.165) is 12.8 Å². The lowest BCUT2D eigenvalue weighted by molar-refractivity contribution is -0.185. The number of hydrogen-bond donors (Lipinski definition) is 0. The molecule has 1 fully saturated rings. The molecule has 3 nitrogen and oxygen atoms in total. The summed E-state index contributed by atoms with van der Waals surface area (Å²) in [6.07, 6.45) is 7.05. The Bertz CT molecular complexity index is 185. The summed E-state index contributed by atoms with van der Waals surface area (Å²) in [6.45, 7) is 3.45. The molecule has 13 heavy (non-hydrogen) atoms. The fraction of sp³-hybridized carbons (Fsp3) is 0.700. The van der Waals surface area contributed by atoms with E-state index in [1.54, 1.807) is 0 Å². The Morgan fingerprint density at radius 3 is 2.54 bits per heavy atom. The highest BCUT2D eigenvalue weighted by atomic mass is 16.7. The second-order valence-corrected chi connectivity index (χ2v) is 3.34. The van der Waals surface area contributed by atoms with Gasteiger partial charge in [-0.1, -0.05) is 25.8 Å². The van der Waals surface area contributed by atoms with E-state index >= 15 is 0 Å². The molecule has 0 heterocycles. The van der Waals surface area contributed by atoms with Crippen LogP contribution >= 0.6 is 0 Å². The molecule has 0 spiro atoms. The van der Waals surface area contributed by atoms with Crippen LogP contribution in [0, 0.1) is 0 Å². The molecule has 1 rings (SSSR count). The van der Waals surface area contributed by atoms with E-state index in [9.17, 15) is 4.79 Å². The van der Waals surface area contributed by atoms with Gasteiger partial charge in [-0.15, -0.1) is 0 Å². The van der Waals surface area contributed by atoms with Gasteiger partial charge in [0.05, 0.1) is 13.2 Å². The monoisotopic (exact) mass is 183 g/mol. The Kier molecular flexibility index (Phi) is 3.96. The number of carbonyl (C=O) groups is 1. The highest BCUT2D eigenvalue weighted by molar-refractivity contribution is 5.86. The molecule has 0 aromatic rings. The van der Waals surface area contributed by atoms with Crippen LogP contribution in [0.15, 0.2) is 12.7 Å². The maximum Gasteiger partial charge on any atom is 0.269 e. The lowest BCUT2D eigenvalue weighted by Crippen LogP contribution is -2.39. The standard InChI is InChI=1S/C10H17NO2/c1-3-10(12)11(13-2)9-7-5-4-6-8-9/h3,9H,1,4-8H2,2H3. The molecule has 0 atom stereocenters. The number of rotatable bonds is 3. The van der Waals surface area contributed by atoms with Crippen molar-refractivity contribution in [1.29, 1.82) is 0 Å². The minimum absolute atomic E-state index is 0.130. The van der Waals surface area contributed by atoms with Crippen LogP contribution in [0.5, 0.6) is 0 Å². The zero-order valence-electron chi connectivity index (χ0n) is 8.16. The first kappa shape index (κ1) is 10.3. The molecule has 0 bridgehead atoms. The van der Waals surface area contributed by atoms with Crippen molar-refractivity contribution in [2.45, 2.75) is 38.1 Å². The number of nitrogens with zero attached hydrogens (tertiary/aromatic N) is 1. The first-order valence-electron chi connectivity index (χ1n) is 4.79. The molecule has 1 aliphatic carbocycles. The maximum absolute atomic E-state index is 11.3. The minimum atomic E-state index is -0.130. The van der Waals surface area contributed by atoms with Gasteiger partial charge in [-0.25, -0.2) is 5.06 Å². The van der Waals surface area contributed by atoms with Crippen LogP contribution in [0.3, 0.4) is 0 Å². The molecule has 0 radical (unpaired) electrons. The van der Waals surface area contributed by atoms with Crippen molar-refractivity contribution in [3.05, 3.63) is 12.7 Å². The summed E-state index contributed by atoms with van der Waals surface area (Å²) in [5, 5.41) is 1.45. The van der Waals surface area contributed by atoms with Crippen LogP contribution < -0.4 is 0 Å². The van der Waals surface area contributed by atoms with Crippen molar-refractivity contribution in [2.75, 3.05) is 7.11 Å². The molecular formula is C10H17NO2. The largest absolute Gasteiger partial charge is 0.274 e. The van der Waals surface area contributed by atoms with Gasteiger partial charge >= 0.3 is 0 Å². The van der Waals surface area contributed by atoms with Gasteiger partial charge < -0.3 is 0 Å². The molecule has 0 unspecified atom stereocenters. The lowest BCUT2D eigenvalue weighted by atomic mass is 9.95. The lowest BCUT2D eigenvalue weighted by Gasteiger charge is -2.31. The van der Waals surface area contributed by atoms with E-state index in [4.69, 9.17) is 4.84 Å². The fourth-order valence-corrected chi connectivity index (χ4v) is 1.82. The second kappa shape index (κ2) is 5.02. The first-order chi connectivity index (χ1) is 6.29. The van der Waals surface area contributed by atoms with Gasteiger partial charge in [-0.2, -0.15) is 0 Å². The summed E-state index contributed by atoms with van der Waals surface area (Å²) in [5.41, 5.74) is 0. The number of hydroxylamine groups is 2. The number of hydrogen-bond acceptors (Lipinski definition) is 2. The first-order valence-corrected chi connectivity index (χ1v) is 4.79. The molecule has 1 aliphatic rings. The Labute approximate surface area is 79.3 Å². The van der Waals surface area contributed by atoms with Crippen LogP contribution in [-0.2, 0) is 9.63 Å². The van der Waals surface area contributed by atoms with Gasteiger partial charge in [0, 0.05) is 0 Å². The van der Waals surface area contributed by atoms with E-state index in [-0.39, 0.29) is 11.9 Å². The van der Waals surface area contributed by atoms with Crippen molar-refractivity contribution in [1.82, 2.24) is 5.06 Å². The van der Waals surface area contributed by atoms with E-state index < -0.39 is 0 Å². The highest BCUT2D eigenvalue weighted by Crippen LogP contribution is 2.22. The van der Waals surface area contributed by atoms with Crippen LogP contribution in [0.25, 0.3) is 0 Å². The molecular weight excluding hydrogens is 166 g/mol.